The van der Waals surface area contributed by atoms with E-state index in [4.69, 9.17) is 4.74 Å². The van der Waals surface area contributed by atoms with Gasteiger partial charge >= 0.3 is 0 Å². The Balaban J connectivity index is 2.03. The Hall–Kier alpha value is -0.610. The minimum Gasteiger partial charge on any atom is -0.381 e. The highest BCUT2D eigenvalue weighted by Crippen LogP contribution is 2.07. The standard InChI is InChI=1S/C12H24N2O2/c1-10(2)12(15)14-7-6-13-11-4-3-8-16-9-5-11/h10-11,13H,3-9H2,1-2H3,(H,14,15). The highest BCUT2D eigenvalue weighted by atomic mass is 16.5. The molecule has 1 rings (SSSR count). The molecule has 0 aromatic rings. The largest absolute Gasteiger partial charge is 0.381 e. The Morgan fingerprint density at radius 2 is 2.12 bits per heavy atom. The maximum atomic E-state index is 11.3. The molecule has 1 amide bonds. The van der Waals surface area contributed by atoms with Crippen LogP contribution in [0.2, 0.25) is 0 Å². The molecule has 0 aromatic carbocycles. The molecule has 4 nitrogen and oxygen atoms in total. The van der Waals surface area contributed by atoms with E-state index in [0.29, 0.717) is 12.6 Å². The number of hydrogen-bond acceptors (Lipinski definition) is 3. The molecule has 0 saturated carbocycles. The lowest BCUT2D eigenvalue weighted by Crippen LogP contribution is -2.38. The van der Waals surface area contributed by atoms with Crippen LogP contribution in [0, 0.1) is 5.92 Å². The molecule has 0 radical (unpaired) electrons. The molecule has 1 unspecified atom stereocenters. The Kier molecular flexibility index (Phi) is 6.42. The monoisotopic (exact) mass is 228 g/mol. The summed E-state index contributed by atoms with van der Waals surface area (Å²) in [4.78, 5) is 11.3. The van der Waals surface area contributed by atoms with Crippen LogP contribution in [0.15, 0.2) is 0 Å². The Morgan fingerprint density at radius 1 is 1.31 bits per heavy atom. The van der Waals surface area contributed by atoms with E-state index in [9.17, 15) is 4.79 Å². The van der Waals surface area contributed by atoms with Crippen molar-refractivity contribution in [2.75, 3.05) is 26.3 Å². The lowest BCUT2D eigenvalue weighted by Gasteiger charge is -2.16. The molecule has 94 valence electrons. The number of carbonyl (C=O) groups is 1. The van der Waals surface area contributed by atoms with Gasteiger partial charge in [0.1, 0.15) is 0 Å². The zero-order valence-electron chi connectivity index (χ0n) is 10.4. The fraction of sp³-hybridized carbons (Fsp3) is 0.917. The summed E-state index contributed by atoms with van der Waals surface area (Å²) in [6, 6.07) is 0.554. The van der Waals surface area contributed by atoms with Gasteiger partial charge in [-0.05, 0) is 19.3 Å². The Labute approximate surface area is 98.1 Å². The van der Waals surface area contributed by atoms with Crippen LogP contribution in [0.4, 0.5) is 0 Å². The van der Waals surface area contributed by atoms with E-state index in [1.165, 1.54) is 6.42 Å². The van der Waals surface area contributed by atoms with E-state index in [1.54, 1.807) is 0 Å². The third-order valence-corrected chi connectivity index (χ3v) is 2.83. The molecule has 0 aromatic heterocycles. The van der Waals surface area contributed by atoms with Crippen molar-refractivity contribution in [1.82, 2.24) is 10.6 Å². The van der Waals surface area contributed by atoms with Crippen LogP contribution in [0.1, 0.15) is 33.1 Å². The van der Waals surface area contributed by atoms with Crippen molar-refractivity contribution in [1.29, 1.82) is 0 Å². The molecule has 1 atom stereocenters. The average molecular weight is 228 g/mol. The molecule has 0 aliphatic carbocycles. The highest BCUT2D eigenvalue weighted by molar-refractivity contribution is 5.77. The van der Waals surface area contributed by atoms with Crippen molar-refractivity contribution in [3.05, 3.63) is 0 Å². The van der Waals surface area contributed by atoms with E-state index < -0.39 is 0 Å². The van der Waals surface area contributed by atoms with Gasteiger partial charge in [0.15, 0.2) is 0 Å². The SMILES string of the molecule is CC(C)C(=O)NCCNC1CCCOCC1. The van der Waals surface area contributed by atoms with Crippen molar-refractivity contribution in [2.45, 2.75) is 39.2 Å². The summed E-state index contributed by atoms with van der Waals surface area (Å²) in [7, 11) is 0. The number of nitrogens with one attached hydrogen (secondary N) is 2. The topological polar surface area (TPSA) is 50.4 Å². The smallest absolute Gasteiger partial charge is 0.222 e. The van der Waals surface area contributed by atoms with Gasteiger partial charge in [-0.3, -0.25) is 4.79 Å². The van der Waals surface area contributed by atoms with Gasteiger partial charge in [0.2, 0.25) is 5.91 Å². The quantitative estimate of drug-likeness (QED) is 0.688. The van der Waals surface area contributed by atoms with Crippen molar-refractivity contribution in [3.8, 4) is 0 Å². The van der Waals surface area contributed by atoms with Gasteiger partial charge < -0.3 is 15.4 Å². The minimum atomic E-state index is 0.0753. The molecule has 1 fully saturated rings. The maximum Gasteiger partial charge on any atom is 0.222 e. The molecule has 1 aliphatic heterocycles. The lowest BCUT2D eigenvalue weighted by molar-refractivity contribution is -0.123. The first-order valence-corrected chi connectivity index (χ1v) is 6.29. The van der Waals surface area contributed by atoms with Gasteiger partial charge in [0, 0.05) is 38.3 Å². The summed E-state index contributed by atoms with van der Waals surface area (Å²) < 4.78 is 5.39. The normalized spacial score (nSPS) is 21.8. The number of rotatable bonds is 5. The molecular weight excluding hydrogens is 204 g/mol. The first-order valence-electron chi connectivity index (χ1n) is 6.29. The van der Waals surface area contributed by atoms with Gasteiger partial charge in [-0.25, -0.2) is 0 Å². The summed E-state index contributed by atoms with van der Waals surface area (Å²) >= 11 is 0. The molecule has 16 heavy (non-hydrogen) atoms. The molecule has 0 spiro atoms. The van der Waals surface area contributed by atoms with Crippen LogP contribution >= 0.6 is 0 Å². The van der Waals surface area contributed by atoms with Gasteiger partial charge in [0.25, 0.3) is 0 Å². The fourth-order valence-electron chi connectivity index (χ4n) is 1.77. The molecule has 1 aliphatic rings. The zero-order chi connectivity index (χ0) is 11.8. The van der Waals surface area contributed by atoms with E-state index >= 15 is 0 Å². The van der Waals surface area contributed by atoms with E-state index in [1.807, 2.05) is 13.8 Å². The van der Waals surface area contributed by atoms with Crippen molar-refractivity contribution in [2.24, 2.45) is 5.92 Å². The summed E-state index contributed by atoms with van der Waals surface area (Å²) in [6.07, 6.45) is 3.40. The Morgan fingerprint density at radius 3 is 2.88 bits per heavy atom. The van der Waals surface area contributed by atoms with Crippen LogP contribution in [0.25, 0.3) is 0 Å². The van der Waals surface area contributed by atoms with E-state index in [2.05, 4.69) is 10.6 Å². The number of hydrogen-bond donors (Lipinski definition) is 2. The molecule has 4 heteroatoms. The molecule has 1 saturated heterocycles. The summed E-state index contributed by atoms with van der Waals surface area (Å²) in [6.45, 7) is 7.13. The van der Waals surface area contributed by atoms with E-state index in [0.717, 1.165) is 32.6 Å². The molecule has 2 N–H and O–H groups in total. The predicted molar refractivity (Wildman–Crippen MR) is 64.3 cm³/mol. The highest BCUT2D eigenvalue weighted by Gasteiger charge is 2.11. The summed E-state index contributed by atoms with van der Waals surface area (Å²) in [5.41, 5.74) is 0. The average Bonchev–Trinajstić information content (AvgIpc) is 2.52. The minimum absolute atomic E-state index is 0.0753. The second kappa shape index (κ2) is 7.63. The Bertz CT molecular complexity index is 199. The van der Waals surface area contributed by atoms with Crippen molar-refractivity contribution >= 4 is 5.91 Å². The third-order valence-electron chi connectivity index (χ3n) is 2.83. The second-order valence-electron chi connectivity index (χ2n) is 4.64. The third kappa shape index (κ3) is 5.47. The maximum absolute atomic E-state index is 11.3. The van der Waals surface area contributed by atoms with Crippen molar-refractivity contribution in [3.63, 3.8) is 0 Å². The van der Waals surface area contributed by atoms with Crippen LogP contribution < -0.4 is 10.6 Å². The van der Waals surface area contributed by atoms with E-state index in [-0.39, 0.29) is 11.8 Å². The number of ether oxygens (including phenoxy) is 1. The zero-order valence-corrected chi connectivity index (χ0v) is 10.4. The first-order chi connectivity index (χ1) is 7.70. The summed E-state index contributed by atoms with van der Waals surface area (Å²) in [5.74, 6) is 0.206. The lowest BCUT2D eigenvalue weighted by atomic mass is 10.1. The summed E-state index contributed by atoms with van der Waals surface area (Å²) in [5, 5.41) is 6.37. The second-order valence-corrected chi connectivity index (χ2v) is 4.64. The molecular formula is C12H24N2O2. The number of amides is 1. The van der Waals surface area contributed by atoms with Crippen LogP contribution in [0.5, 0.6) is 0 Å². The first kappa shape index (κ1) is 13.5. The van der Waals surface area contributed by atoms with Gasteiger partial charge in [-0.2, -0.15) is 0 Å². The van der Waals surface area contributed by atoms with Crippen LogP contribution in [-0.2, 0) is 9.53 Å². The predicted octanol–water partition coefficient (Wildman–Crippen LogP) is 0.917. The van der Waals surface area contributed by atoms with Gasteiger partial charge in [-0.1, -0.05) is 13.8 Å². The number of carbonyl (C=O) groups excluding carboxylic acids is 1. The van der Waals surface area contributed by atoms with Gasteiger partial charge in [-0.15, -0.1) is 0 Å². The fourth-order valence-corrected chi connectivity index (χ4v) is 1.77. The van der Waals surface area contributed by atoms with Crippen LogP contribution in [-0.4, -0.2) is 38.3 Å². The van der Waals surface area contributed by atoms with Gasteiger partial charge in [0.05, 0.1) is 0 Å². The molecule has 0 bridgehead atoms. The van der Waals surface area contributed by atoms with Crippen molar-refractivity contribution < 1.29 is 9.53 Å². The van der Waals surface area contributed by atoms with Crippen LogP contribution in [0.3, 0.4) is 0 Å². The molecule has 1 heterocycles.